The van der Waals surface area contributed by atoms with E-state index in [1.54, 1.807) is 9.47 Å². The number of aromatic nitrogens is 2. The molecule has 2 aromatic carbocycles. The number of imidazole rings is 1. The Balaban J connectivity index is 1.50. The maximum Gasteiger partial charge on any atom is 0.374 e. The van der Waals surface area contributed by atoms with E-state index in [4.69, 9.17) is 25.8 Å². The quantitative estimate of drug-likeness (QED) is 0.230. The van der Waals surface area contributed by atoms with Gasteiger partial charge in [-0.25, -0.2) is 14.8 Å². The molecule has 9 nitrogen and oxygen atoms in total. The Hall–Kier alpha value is -3.63. The molecular formula is C31H38ClN5O4Si. The summed E-state index contributed by atoms with van der Waals surface area (Å²) in [6.07, 6.45) is 0.730. The molecule has 5 rings (SSSR count). The summed E-state index contributed by atoms with van der Waals surface area (Å²) < 4.78 is 13.2. The lowest BCUT2D eigenvalue weighted by Crippen LogP contribution is -2.50. The van der Waals surface area contributed by atoms with Gasteiger partial charge in [0.15, 0.2) is 11.5 Å². The van der Waals surface area contributed by atoms with Gasteiger partial charge in [-0.2, -0.15) is 0 Å². The van der Waals surface area contributed by atoms with E-state index in [1.165, 1.54) is 12.7 Å². The minimum atomic E-state index is -2.10. The van der Waals surface area contributed by atoms with Crippen molar-refractivity contribution in [2.24, 2.45) is 4.99 Å². The number of halogens is 1. The van der Waals surface area contributed by atoms with Gasteiger partial charge in [-0.3, -0.25) is 14.6 Å². The molecule has 0 fully saturated rings. The average molecular weight is 608 g/mol. The Labute approximate surface area is 253 Å². The standard InChI is InChI=1S/C31H38ClN5O4Si/c1-8-35-28(38)25-26(37-19-22(33-30(35)37)16-20-12-10-9-11-13-20)34-27(29(39)40-5)36(25)18-21-14-15-24(23(32)17-21)41-42(6,7)31(2,3)4/h9-15,17,22H,8,16,18-19H2,1-7H3/t22-/m1/s1. The number of amides is 1. The molecule has 1 amide bonds. The van der Waals surface area contributed by atoms with E-state index in [0.29, 0.717) is 41.3 Å². The first-order valence-electron chi connectivity index (χ1n) is 14.2. The van der Waals surface area contributed by atoms with E-state index in [1.807, 2.05) is 48.2 Å². The third kappa shape index (κ3) is 5.45. The first-order valence-corrected chi connectivity index (χ1v) is 17.5. The predicted molar refractivity (Wildman–Crippen MR) is 167 cm³/mol. The van der Waals surface area contributed by atoms with E-state index in [2.05, 4.69) is 51.0 Å². The molecule has 222 valence electrons. The van der Waals surface area contributed by atoms with Gasteiger partial charge < -0.3 is 13.7 Å². The van der Waals surface area contributed by atoms with Crippen LogP contribution in [0.5, 0.6) is 5.75 Å². The average Bonchev–Trinajstić information content (AvgIpc) is 3.52. The largest absolute Gasteiger partial charge is 0.543 e. The molecule has 3 heterocycles. The highest BCUT2D eigenvalue weighted by Crippen LogP contribution is 2.40. The maximum absolute atomic E-state index is 13.9. The molecule has 0 radical (unpaired) electrons. The van der Waals surface area contributed by atoms with E-state index in [-0.39, 0.29) is 29.4 Å². The molecule has 3 aromatic rings. The van der Waals surface area contributed by atoms with Crippen LogP contribution in [0.25, 0.3) is 0 Å². The minimum absolute atomic E-state index is 0.0175. The van der Waals surface area contributed by atoms with Crippen molar-refractivity contribution in [2.45, 2.75) is 64.8 Å². The van der Waals surface area contributed by atoms with Crippen molar-refractivity contribution in [2.75, 3.05) is 25.1 Å². The predicted octanol–water partition coefficient (Wildman–Crippen LogP) is 6.02. The number of hydrogen-bond acceptors (Lipinski definition) is 7. The SMILES string of the molecule is CCN1C(=O)c2c(nc(C(=O)OC)n2Cc2ccc(O[Si](C)(C)C(C)(C)C)c(Cl)c2)N2C[C@@H](Cc3ccccc3)N=C12. The van der Waals surface area contributed by atoms with Gasteiger partial charge in [0.05, 0.1) is 31.3 Å². The fourth-order valence-electron chi connectivity index (χ4n) is 5.04. The van der Waals surface area contributed by atoms with Crippen LogP contribution in [0.2, 0.25) is 23.2 Å². The monoisotopic (exact) mass is 607 g/mol. The van der Waals surface area contributed by atoms with Crippen LogP contribution in [-0.4, -0.2) is 66.8 Å². The zero-order valence-electron chi connectivity index (χ0n) is 25.3. The Kier molecular flexibility index (Phi) is 7.97. The normalized spacial score (nSPS) is 16.7. The number of aliphatic imine (C=N–C) groups is 1. The van der Waals surface area contributed by atoms with Gasteiger partial charge in [0.25, 0.3) is 14.2 Å². The van der Waals surface area contributed by atoms with Crippen LogP contribution in [0, 0.1) is 0 Å². The summed E-state index contributed by atoms with van der Waals surface area (Å²) in [7, 11) is -0.790. The number of hydrogen-bond donors (Lipinski definition) is 0. The molecule has 0 saturated carbocycles. The van der Waals surface area contributed by atoms with Crippen molar-refractivity contribution >= 4 is 43.6 Å². The van der Waals surface area contributed by atoms with Crippen LogP contribution in [0.1, 0.15) is 59.9 Å². The van der Waals surface area contributed by atoms with E-state index < -0.39 is 14.3 Å². The molecule has 42 heavy (non-hydrogen) atoms. The molecule has 11 heteroatoms. The van der Waals surface area contributed by atoms with Gasteiger partial charge >= 0.3 is 5.97 Å². The van der Waals surface area contributed by atoms with Crippen molar-refractivity contribution in [3.8, 4) is 5.75 Å². The molecule has 0 N–H and O–H groups in total. The Morgan fingerprint density at radius 1 is 1.12 bits per heavy atom. The molecule has 0 saturated heterocycles. The third-order valence-corrected chi connectivity index (χ3v) is 13.0. The molecule has 0 spiro atoms. The van der Waals surface area contributed by atoms with E-state index in [0.717, 1.165) is 12.0 Å². The van der Waals surface area contributed by atoms with Gasteiger partial charge in [0.1, 0.15) is 5.75 Å². The molecule has 2 aliphatic rings. The molecule has 0 unspecified atom stereocenters. The van der Waals surface area contributed by atoms with Gasteiger partial charge in [0.2, 0.25) is 11.8 Å². The van der Waals surface area contributed by atoms with Gasteiger partial charge in [-0.05, 0) is 54.7 Å². The highest BCUT2D eigenvalue weighted by atomic mass is 35.5. The topological polar surface area (TPSA) is 89.3 Å². The highest BCUT2D eigenvalue weighted by molar-refractivity contribution is 6.74. The highest BCUT2D eigenvalue weighted by Gasteiger charge is 2.44. The van der Waals surface area contributed by atoms with Crippen molar-refractivity contribution in [3.05, 3.63) is 76.2 Å². The number of rotatable bonds is 8. The van der Waals surface area contributed by atoms with Crippen LogP contribution in [0.4, 0.5) is 5.82 Å². The summed E-state index contributed by atoms with van der Waals surface area (Å²) >= 11 is 6.71. The lowest BCUT2D eigenvalue weighted by molar-refractivity contribution is 0.0581. The first kappa shape index (κ1) is 29.8. The number of benzene rings is 2. The molecule has 1 aromatic heterocycles. The zero-order valence-corrected chi connectivity index (χ0v) is 27.0. The summed E-state index contributed by atoms with van der Waals surface area (Å²) in [5.41, 5.74) is 2.29. The molecule has 0 aliphatic carbocycles. The summed E-state index contributed by atoms with van der Waals surface area (Å²) in [4.78, 5) is 40.1. The number of anilines is 1. The van der Waals surface area contributed by atoms with Crippen molar-refractivity contribution in [3.63, 3.8) is 0 Å². The Morgan fingerprint density at radius 2 is 1.83 bits per heavy atom. The van der Waals surface area contributed by atoms with E-state index >= 15 is 0 Å². The number of ether oxygens (including phenoxy) is 1. The van der Waals surface area contributed by atoms with Gasteiger partial charge in [-0.15, -0.1) is 0 Å². The summed E-state index contributed by atoms with van der Waals surface area (Å²) in [5, 5.41) is 0.494. The number of nitrogens with zero attached hydrogens (tertiary/aromatic N) is 5. The molecule has 1 atom stereocenters. The molecule has 2 aliphatic heterocycles. The van der Waals surface area contributed by atoms with Crippen LogP contribution in [-0.2, 0) is 17.7 Å². The Bertz CT molecular complexity index is 1550. The van der Waals surface area contributed by atoms with Crippen LogP contribution < -0.4 is 9.33 Å². The molecular weight excluding hydrogens is 570 g/mol. The number of carbonyl (C=O) groups excluding carboxylic acids is 2. The zero-order chi connectivity index (χ0) is 30.4. The van der Waals surface area contributed by atoms with Crippen molar-refractivity contribution in [1.29, 1.82) is 0 Å². The number of fused-ring (bicyclic) bond motifs is 3. The third-order valence-electron chi connectivity index (χ3n) is 8.33. The lowest BCUT2D eigenvalue weighted by Gasteiger charge is -2.36. The van der Waals surface area contributed by atoms with Crippen LogP contribution in [0.15, 0.2) is 53.5 Å². The second-order valence-corrected chi connectivity index (χ2v) is 17.4. The summed E-state index contributed by atoms with van der Waals surface area (Å²) in [5.74, 6) is 0.786. The number of methoxy groups -OCH3 is 1. The smallest absolute Gasteiger partial charge is 0.374 e. The first-order chi connectivity index (χ1) is 19.8. The second kappa shape index (κ2) is 11.2. The molecule has 0 bridgehead atoms. The Morgan fingerprint density at radius 3 is 2.45 bits per heavy atom. The lowest BCUT2D eigenvalue weighted by atomic mass is 10.1. The fourth-order valence-corrected chi connectivity index (χ4v) is 6.38. The van der Waals surface area contributed by atoms with Crippen LogP contribution >= 0.6 is 11.6 Å². The number of esters is 1. The van der Waals surface area contributed by atoms with Crippen LogP contribution in [0.3, 0.4) is 0 Å². The maximum atomic E-state index is 13.9. The summed E-state index contributed by atoms with van der Waals surface area (Å²) in [6, 6.07) is 15.7. The van der Waals surface area contributed by atoms with E-state index in [9.17, 15) is 9.59 Å². The summed E-state index contributed by atoms with van der Waals surface area (Å²) in [6.45, 7) is 14.0. The second-order valence-electron chi connectivity index (χ2n) is 12.2. The fraction of sp³-hybridized carbons (Fsp3) is 0.419. The number of carbonyl (C=O) groups is 2. The minimum Gasteiger partial charge on any atom is -0.543 e. The van der Waals surface area contributed by atoms with Gasteiger partial charge in [-0.1, -0.05) is 68.8 Å². The van der Waals surface area contributed by atoms with Crippen molar-refractivity contribution in [1.82, 2.24) is 14.5 Å². The van der Waals surface area contributed by atoms with Gasteiger partial charge in [0, 0.05) is 6.54 Å². The number of guanidine groups is 1. The van der Waals surface area contributed by atoms with Crippen molar-refractivity contribution < 1.29 is 18.8 Å².